The number of ether oxygens (including phenoxy) is 1. The van der Waals surface area contributed by atoms with E-state index in [0.717, 1.165) is 29.6 Å². The Bertz CT molecular complexity index is 901. The lowest BCUT2D eigenvalue weighted by Gasteiger charge is -2.35. The Morgan fingerprint density at radius 1 is 1.15 bits per heavy atom. The molecule has 0 aliphatic carbocycles. The third-order valence-electron chi connectivity index (χ3n) is 4.98. The van der Waals surface area contributed by atoms with E-state index in [9.17, 15) is 4.79 Å². The zero-order valence-corrected chi connectivity index (χ0v) is 15.7. The average molecular weight is 384 g/mol. The number of para-hydroxylation sites is 1. The SMILES string of the molecule is O=C(NC[C@H](c1ccccc1Cl)N1CCOCC1)c1cc2ccccc2[nH]1. The van der Waals surface area contributed by atoms with Crippen molar-refractivity contribution >= 4 is 28.4 Å². The molecule has 1 atom stereocenters. The summed E-state index contributed by atoms with van der Waals surface area (Å²) in [5, 5.41) is 4.81. The molecule has 1 amide bonds. The first-order chi connectivity index (χ1) is 13.2. The number of amides is 1. The second kappa shape index (κ2) is 8.13. The fourth-order valence-corrected chi connectivity index (χ4v) is 3.81. The number of benzene rings is 2. The molecule has 4 rings (SSSR count). The molecule has 0 radical (unpaired) electrons. The molecule has 140 valence electrons. The normalized spacial score (nSPS) is 16.3. The van der Waals surface area contributed by atoms with E-state index in [1.165, 1.54) is 0 Å². The van der Waals surface area contributed by atoms with E-state index in [0.29, 0.717) is 30.5 Å². The van der Waals surface area contributed by atoms with Gasteiger partial charge in [0.15, 0.2) is 0 Å². The molecule has 0 bridgehead atoms. The lowest BCUT2D eigenvalue weighted by molar-refractivity contribution is 0.0162. The second-order valence-corrected chi connectivity index (χ2v) is 7.07. The lowest BCUT2D eigenvalue weighted by Crippen LogP contribution is -2.44. The number of H-pyrrole nitrogens is 1. The number of aromatic amines is 1. The summed E-state index contributed by atoms with van der Waals surface area (Å²) in [5.74, 6) is -0.114. The molecule has 6 heteroatoms. The van der Waals surface area contributed by atoms with Crippen molar-refractivity contribution in [2.24, 2.45) is 0 Å². The van der Waals surface area contributed by atoms with Crippen molar-refractivity contribution in [1.82, 2.24) is 15.2 Å². The van der Waals surface area contributed by atoms with Crippen molar-refractivity contribution in [1.29, 1.82) is 0 Å². The standard InChI is InChI=1S/C21H22ClN3O2/c22-17-7-3-2-6-16(17)20(25-9-11-27-12-10-25)14-23-21(26)19-13-15-5-1-4-8-18(15)24-19/h1-8,13,20,24H,9-12,14H2,(H,23,26)/t20-/m1/s1. The third kappa shape index (κ3) is 4.00. The van der Waals surface area contributed by atoms with Gasteiger partial charge in [0.25, 0.3) is 5.91 Å². The second-order valence-electron chi connectivity index (χ2n) is 6.67. The van der Waals surface area contributed by atoms with Crippen LogP contribution < -0.4 is 5.32 Å². The summed E-state index contributed by atoms with van der Waals surface area (Å²) in [6, 6.07) is 17.6. The summed E-state index contributed by atoms with van der Waals surface area (Å²) in [4.78, 5) is 18.2. The number of nitrogens with one attached hydrogen (secondary N) is 2. The summed E-state index contributed by atoms with van der Waals surface area (Å²) in [6.07, 6.45) is 0. The number of carbonyl (C=O) groups is 1. The molecule has 0 spiro atoms. The highest BCUT2D eigenvalue weighted by Crippen LogP contribution is 2.28. The van der Waals surface area contributed by atoms with Gasteiger partial charge in [-0.05, 0) is 23.8 Å². The van der Waals surface area contributed by atoms with E-state index in [1.54, 1.807) is 0 Å². The van der Waals surface area contributed by atoms with Gasteiger partial charge in [0.1, 0.15) is 5.69 Å². The van der Waals surface area contributed by atoms with Gasteiger partial charge in [-0.3, -0.25) is 9.69 Å². The van der Waals surface area contributed by atoms with Crippen molar-refractivity contribution in [3.05, 3.63) is 70.9 Å². The van der Waals surface area contributed by atoms with Gasteiger partial charge in [0.05, 0.1) is 19.3 Å². The maximum absolute atomic E-state index is 12.7. The van der Waals surface area contributed by atoms with E-state index in [4.69, 9.17) is 16.3 Å². The van der Waals surface area contributed by atoms with Crippen LogP contribution in [0, 0.1) is 0 Å². The van der Waals surface area contributed by atoms with Crippen LogP contribution in [-0.4, -0.2) is 48.6 Å². The van der Waals surface area contributed by atoms with Crippen molar-refractivity contribution in [3.8, 4) is 0 Å². The molecule has 2 heterocycles. The van der Waals surface area contributed by atoms with Crippen LogP contribution in [0.4, 0.5) is 0 Å². The Hall–Kier alpha value is -2.34. The molecule has 2 aromatic carbocycles. The number of fused-ring (bicyclic) bond motifs is 1. The number of rotatable bonds is 5. The molecule has 1 saturated heterocycles. The van der Waals surface area contributed by atoms with Crippen LogP contribution in [0.1, 0.15) is 22.1 Å². The van der Waals surface area contributed by atoms with Gasteiger partial charge in [-0.15, -0.1) is 0 Å². The zero-order chi connectivity index (χ0) is 18.6. The summed E-state index contributed by atoms with van der Waals surface area (Å²) in [6.45, 7) is 3.50. The number of hydrogen-bond donors (Lipinski definition) is 2. The highest BCUT2D eigenvalue weighted by molar-refractivity contribution is 6.31. The molecule has 1 aromatic heterocycles. The molecule has 1 fully saturated rings. The van der Waals surface area contributed by atoms with E-state index in [-0.39, 0.29) is 11.9 Å². The summed E-state index contributed by atoms with van der Waals surface area (Å²) >= 11 is 6.45. The topological polar surface area (TPSA) is 57.4 Å². The Labute approximate surface area is 163 Å². The summed E-state index contributed by atoms with van der Waals surface area (Å²) in [7, 11) is 0. The van der Waals surface area contributed by atoms with Gasteiger partial charge in [-0.25, -0.2) is 0 Å². The van der Waals surface area contributed by atoms with Gasteiger partial charge in [-0.2, -0.15) is 0 Å². The van der Waals surface area contributed by atoms with Gasteiger partial charge < -0.3 is 15.0 Å². The maximum Gasteiger partial charge on any atom is 0.267 e. The van der Waals surface area contributed by atoms with Crippen LogP contribution in [0.2, 0.25) is 5.02 Å². The van der Waals surface area contributed by atoms with Crippen LogP contribution in [0.3, 0.4) is 0 Å². The Kier molecular flexibility index (Phi) is 5.43. The van der Waals surface area contributed by atoms with Crippen molar-refractivity contribution in [2.45, 2.75) is 6.04 Å². The minimum Gasteiger partial charge on any atom is -0.379 e. The summed E-state index contributed by atoms with van der Waals surface area (Å²) in [5.41, 5.74) is 2.55. The number of aromatic nitrogens is 1. The molecule has 0 unspecified atom stereocenters. The number of halogens is 1. The molecule has 5 nitrogen and oxygen atoms in total. The number of carbonyl (C=O) groups excluding carboxylic acids is 1. The molecule has 0 saturated carbocycles. The predicted octanol–water partition coefficient (Wildman–Crippen LogP) is 3.62. The van der Waals surface area contributed by atoms with E-state index in [1.807, 2.05) is 54.6 Å². The van der Waals surface area contributed by atoms with Crippen LogP contribution in [0.25, 0.3) is 10.9 Å². The minimum atomic E-state index is -0.114. The van der Waals surface area contributed by atoms with Crippen molar-refractivity contribution in [3.63, 3.8) is 0 Å². The van der Waals surface area contributed by atoms with Gasteiger partial charge in [-0.1, -0.05) is 48.0 Å². The summed E-state index contributed by atoms with van der Waals surface area (Å²) < 4.78 is 5.48. The van der Waals surface area contributed by atoms with Crippen LogP contribution >= 0.6 is 11.6 Å². The van der Waals surface area contributed by atoms with E-state index < -0.39 is 0 Å². The molecular formula is C21H22ClN3O2. The Morgan fingerprint density at radius 3 is 2.67 bits per heavy atom. The smallest absolute Gasteiger partial charge is 0.267 e. The van der Waals surface area contributed by atoms with Gasteiger partial charge >= 0.3 is 0 Å². The van der Waals surface area contributed by atoms with Crippen molar-refractivity contribution in [2.75, 3.05) is 32.8 Å². The molecule has 2 N–H and O–H groups in total. The Morgan fingerprint density at radius 2 is 1.89 bits per heavy atom. The monoisotopic (exact) mass is 383 g/mol. The molecule has 3 aromatic rings. The number of morpholine rings is 1. The first-order valence-corrected chi connectivity index (χ1v) is 9.52. The third-order valence-corrected chi connectivity index (χ3v) is 5.33. The van der Waals surface area contributed by atoms with Crippen LogP contribution in [0.15, 0.2) is 54.6 Å². The molecule has 27 heavy (non-hydrogen) atoms. The zero-order valence-electron chi connectivity index (χ0n) is 15.0. The quantitative estimate of drug-likeness (QED) is 0.707. The van der Waals surface area contributed by atoms with Crippen LogP contribution in [-0.2, 0) is 4.74 Å². The Balaban J connectivity index is 1.52. The first kappa shape index (κ1) is 18.0. The van der Waals surface area contributed by atoms with E-state index in [2.05, 4.69) is 15.2 Å². The van der Waals surface area contributed by atoms with E-state index >= 15 is 0 Å². The molecule has 1 aliphatic heterocycles. The average Bonchev–Trinajstić information content (AvgIpc) is 3.14. The highest BCUT2D eigenvalue weighted by Gasteiger charge is 2.25. The minimum absolute atomic E-state index is 0.0101. The lowest BCUT2D eigenvalue weighted by atomic mass is 10.0. The molecular weight excluding hydrogens is 362 g/mol. The van der Waals surface area contributed by atoms with Gasteiger partial charge in [0, 0.05) is 35.6 Å². The largest absolute Gasteiger partial charge is 0.379 e. The number of hydrogen-bond acceptors (Lipinski definition) is 3. The predicted molar refractivity (Wildman–Crippen MR) is 107 cm³/mol. The first-order valence-electron chi connectivity index (χ1n) is 9.14. The number of nitrogens with zero attached hydrogens (tertiary/aromatic N) is 1. The maximum atomic E-state index is 12.7. The fraction of sp³-hybridized carbons (Fsp3) is 0.286. The fourth-order valence-electron chi connectivity index (χ4n) is 3.55. The van der Waals surface area contributed by atoms with Crippen LogP contribution in [0.5, 0.6) is 0 Å². The van der Waals surface area contributed by atoms with Crippen molar-refractivity contribution < 1.29 is 9.53 Å². The van der Waals surface area contributed by atoms with Gasteiger partial charge in [0.2, 0.25) is 0 Å². The highest BCUT2D eigenvalue weighted by atomic mass is 35.5. The molecule has 1 aliphatic rings.